The molecule has 68 valence electrons. The third kappa shape index (κ3) is 1.99. The lowest BCUT2D eigenvalue weighted by molar-refractivity contribution is 0.385. The van der Waals surface area contributed by atoms with E-state index in [1.165, 1.54) is 13.2 Å². The molecule has 2 nitrogen and oxygen atoms in total. The summed E-state index contributed by atoms with van der Waals surface area (Å²) in [7, 11) is 1.40. The van der Waals surface area contributed by atoms with E-state index in [2.05, 4.69) is 15.9 Å². The molecule has 0 radical (unpaired) electrons. The molecule has 4 heteroatoms. The SMILES string of the molecule is COc1ccc(CC#N)c(Br)c1F. The third-order valence-corrected chi connectivity index (χ3v) is 2.47. The predicted molar refractivity (Wildman–Crippen MR) is 50.0 cm³/mol. The van der Waals surface area contributed by atoms with Crippen LogP contribution < -0.4 is 4.74 Å². The van der Waals surface area contributed by atoms with Gasteiger partial charge in [0, 0.05) is 0 Å². The topological polar surface area (TPSA) is 33.0 Å². The van der Waals surface area contributed by atoms with Gasteiger partial charge in [0.05, 0.1) is 24.1 Å². The van der Waals surface area contributed by atoms with Crippen molar-refractivity contribution in [3.63, 3.8) is 0 Å². The zero-order chi connectivity index (χ0) is 9.84. The number of hydrogen-bond donors (Lipinski definition) is 0. The lowest BCUT2D eigenvalue weighted by atomic mass is 10.1. The molecule has 1 aromatic carbocycles. The Kier molecular flexibility index (Phi) is 3.26. The highest BCUT2D eigenvalue weighted by atomic mass is 79.9. The molecular weight excluding hydrogens is 237 g/mol. The molecule has 0 aliphatic heterocycles. The first kappa shape index (κ1) is 10.0. The van der Waals surface area contributed by atoms with E-state index < -0.39 is 5.82 Å². The van der Waals surface area contributed by atoms with Gasteiger partial charge in [0.25, 0.3) is 0 Å². The first-order valence-electron chi connectivity index (χ1n) is 3.58. The van der Waals surface area contributed by atoms with Crippen molar-refractivity contribution >= 4 is 15.9 Å². The number of methoxy groups -OCH3 is 1. The van der Waals surface area contributed by atoms with Crippen LogP contribution in [0.3, 0.4) is 0 Å². The number of ether oxygens (including phenoxy) is 1. The standard InChI is InChI=1S/C9H7BrFNO/c1-13-7-3-2-6(4-5-12)8(10)9(7)11/h2-3H,4H2,1H3. The number of rotatable bonds is 2. The van der Waals surface area contributed by atoms with Gasteiger partial charge in [-0.3, -0.25) is 0 Å². The Morgan fingerprint density at radius 3 is 2.85 bits per heavy atom. The molecule has 0 spiro atoms. The fraction of sp³-hybridized carbons (Fsp3) is 0.222. The van der Waals surface area contributed by atoms with E-state index in [0.29, 0.717) is 10.0 Å². The fourth-order valence-electron chi connectivity index (χ4n) is 0.951. The minimum absolute atomic E-state index is 0.175. The minimum Gasteiger partial charge on any atom is -0.494 e. The van der Waals surface area contributed by atoms with Gasteiger partial charge in [0.1, 0.15) is 0 Å². The van der Waals surface area contributed by atoms with Gasteiger partial charge in [-0.15, -0.1) is 0 Å². The molecule has 0 aliphatic carbocycles. The molecular formula is C9H7BrFNO. The Morgan fingerprint density at radius 1 is 1.62 bits per heavy atom. The third-order valence-electron chi connectivity index (χ3n) is 1.62. The summed E-state index contributed by atoms with van der Waals surface area (Å²) >= 11 is 3.07. The predicted octanol–water partition coefficient (Wildman–Crippen LogP) is 2.66. The van der Waals surface area contributed by atoms with E-state index in [-0.39, 0.29) is 12.2 Å². The van der Waals surface area contributed by atoms with Crippen molar-refractivity contribution < 1.29 is 9.13 Å². The first-order valence-corrected chi connectivity index (χ1v) is 4.37. The summed E-state index contributed by atoms with van der Waals surface area (Å²) in [4.78, 5) is 0. The summed E-state index contributed by atoms with van der Waals surface area (Å²) in [5, 5.41) is 8.44. The van der Waals surface area contributed by atoms with Crippen LogP contribution in [0.5, 0.6) is 5.75 Å². The second-order valence-electron chi connectivity index (χ2n) is 2.39. The van der Waals surface area contributed by atoms with Crippen LogP contribution in [0, 0.1) is 17.1 Å². The monoisotopic (exact) mass is 243 g/mol. The number of halogens is 2. The van der Waals surface area contributed by atoms with Crippen molar-refractivity contribution in [3.8, 4) is 11.8 Å². The van der Waals surface area contributed by atoms with E-state index in [0.717, 1.165) is 0 Å². The van der Waals surface area contributed by atoms with Crippen molar-refractivity contribution in [3.05, 3.63) is 28.0 Å². The van der Waals surface area contributed by atoms with Crippen LogP contribution in [0.25, 0.3) is 0 Å². The molecule has 1 aromatic rings. The van der Waals surface area contributed by atoms with E-state index >= 15 is 0 Å². The lowest BCUT2D eigenvalue weighted by Gasteiger charge is -2.05. The largest absolute Gasteiger partial charge is 0.494 e. The summed E-state index contributed by atoms with van der Waals surface area (Å²) in [6, 6.07) is 5.12. The molecule has 0 heterocycles. The average molecular weight is 244 g/mol. The van der Waals surface area contributed by atoms with Gasteiger partial charge in [-0.05, 0) is 27.6 Å². The highest BCUT2D eigenvalue weighted by Crippen LogP contribution is 2.28. The van der Waals surface area contributed by atoms with E-state index in [4.69, 9.17) is 10.00 Å². The summed E-state index contributed by atoms with van der Waals surface area (Å²) < 4.78 is 18.4. The lowest BCUT2D eigenvalue weighted by Crippen LogP contribution is -1.93. The van der Waals surface area contributed by atoms with Crippen LogP contribution in [0.2, 0.25) is 0 Å². The van der Waals surface area contributed by atoms with Gasteiger partial charge in [-0.2, -0.15) is 5.26 Å². The minimum atomic E-state index is -0.463. The number of nitriles is 1. The molecule has 1 rings (SSSR count). The molecule has 0 fully saturated rings. The average Bonchev–Trinajstić information content (AvgIpc) is 2.14. The highest BCUT2D eigenvalue weighted by molar-refractivity contribution is 9.10. The van der Waals surface area contributed by atoms with Crippen molar-refractivity contribution in [2.75, 3.05) is 7.11 Å². The van der Waals surface area contributed by atoms with Gasteiger partial charge in [0.15, 0.2) is 11.6 Å². The maximum absolute atomic E-state index is 13.3. The molecule has 0 amide bonds. The van der Waals surface area contributed by atoms with Gasteiger partial charge in [0.2, 0.25) is 0 Å². The van der Waals surface area contributed by atoms with Crippen LogP contribution in [-0.2, 0) is 6.42 Å². The number of nitrogens with zero attached hydrogens (tertiary/aromatic N) is 1. The van der Waals surface area contributed by atoms with Gasteiger partial charge < -0.3 is 4.74 Å². The number of benzene rings is 1. The second-order valence-corrected chi connectivity index (χ2v) is 3.18. The summed E-state index contributed by atoms with van der Waals surface area (Å²) in [5.74, 6) is -0.288. The maximum Gasteiger partial charge on any atom is 0.179 e. The molecule has 0 aliphatic rings. The first-order chi connectivity index (χ1) is 6.20. The van der Waals surface area contributed by atoms with Crippen LogP contribution in [-0.4, -0.2) is 7.11 Å². The Labute approximate surface area is 84.1 Å². The smallest absolute Gasteiger partial charge is 0.179 e. The van der Waals surface area contributed by atoms with Crippen LogP contribution >= 0.6 is 15.9 Å². The molecule has 0 N–H and O–H groups in total. The van der Waals surface area contributed by atoms with Gasteiger partial charge in [-0.1, -0.05) is 6.07 Å². The van der Waals surface area contributed by atoms with E-state index in [9.17, 15) is 4.39 Å². The molecule has 0 saturated carbocycles. The molecule has 0 atom stereocenters. The zero-order valence-corrected chi connectivity index (χ0v) is 8.56. The highest BCUT2D eigenvalue weighted by Gasteiger charge is 2.10. The Bertz CT molecular complexity index is 359. The summed E-state index contributed by atoms with van der Waals surface area (Å²) in [6.45, 7) is 0. The van der Waals surface area contributed by atoms with Crippen molar-refractivity contribution in [2.24, 2.45) is 0 Å². The number of hydrogen-bond acceptors (Lipinski definition) is 2. The van der Waals surface area contributed by atoms with Crippen LogP contribution in [0.15, 0.2) is 16.6 Å². The van der Waals surface area contributed by atoms with E-state index in [1.807, 2.05) is 6.07 Å². The molecule has 0 aromatic heterocycles. The van der Waals surface area contributed by atoms with Crippen LogP contribution in [0.4, 0.5) is 4.39 Å². The van der Waals surface area contributed by atoms with E-state index in [1.54, 1.807) is 6.07 Å². The zero-order valence-electron chi connectivity index (χ0n) is 6.97. The second kappa shape index (κ2) is 4.24. The Balaban J connectivity index is 3.17. The van der Waals surface area contributed by atoms with Crippen molar-refractivity contribution in [1.82, 2.24) is 0 Å². The summed E-state index contributed by atoms with van der Waals surface area (Å²) in [6.07, 6.45) is 0.182. The maximum atomic E-state index is 13.3. The normalized spacial score (nSPS) is 9.38. The summed E-state index contributed by atoms with van der Waals surface area (Å²) in [5.41, 5.74) is 0.626. The van der Waals surface area contributed by atoms with Crippen molar-refractivity contribution in [2.45, 2.75) is 6.42 Å². The quantitative estimate of drug-likeness (QED) is 0.801. The molecule has 0 unspecified atom stereocenters. The van der Waals surface area contributed by atoms with Crippen molar-refractivity contribution in [1.29, 1.82) is 5.26 Å². The van der Waals surface area contributed by atoms with Crippen LogP contribution in [0.1, 0.15) is 5.56 Å². The molecule has 13 heavy (non-hydrogen) atoms. The molecule has 0 bridgehead atoms. The Hall–Kier alpha value is -1.08. The fourth-order valence-corrected chi connectivity index (χ4v) is 1.42. The Morgan fingerprint density at radius 2 is 2.31 bits per heavy atom. The van der Waals surface area contributed by atoms with Gasteiger partial charge in [-0.25, -0.2) is 4.39 Å². The van der Waals surface area contributed by atoms with Gasteiger partial charge >= 0.3 is 0 Å². The molecule has 0 saturated heterocycles.